The van der Waals surface area contributed by atoms with Gasteiger partial charge in [0.2, 0.25) is 0 Å². The van der Waals surface area contributed by atoms with Crippen molar-refractivity contribution in [2.75, 3.05) is 0 Å². The molecule has 3 aromatic rings. The average Bonchev–Trinajstić information content (AvgIpc) is 2.89. The van der Waals surface area contributed by atoms with Crippen LogP contribution in [0.2, 0.25) is 5.02 Å². The summed E-state index contributed by atoms with van der Waals surface area (Å²) < 4.78 is 5.37. The maximum absolute atomic E-state index is 6.14. The van der Waals surface area contributed by atoms with Gasteiger partial charge in [-0.3, -0.25) is 0 Å². The average molecular weight is 288 g/mol. The molecule has 0 spiro atoms. The molecule has 4 heteroatoms. The van der Waals surface area contributed by atoms with E-state index < -0.39 is 0 Å². The summed E-state index contributed by atoms with van der Waals surface area (Å²) in [5, 5.41) is 4.73. The molecule has 0 amide bonds. The van der Waals surface area contributed by atoms with Gasteiger partial charge in [0.1, 0.15) is 5.69 Å². The molecule has 0 fully saturated rings. The van der Waals surface area contributed by atoms with Gasteiger partial charge in [-0.2, -0.15) is 0 Å². The third-order valence-electron chi connectivity index (χ3n) is 2.81. The van der Waals surface area contributed by atoms with Gasteiger partial charge < -0.3 is 4.52 Å². The van der Waals surface area contributed by atoms with Crippen molar-refractivity contribution in [3.8, 4) is 22.6 Å². The fraction of sp³-hybridized carbons (Fsp3) is 0. The molecule has 94 valence electrons. The third-order valence-corrected chi connectivity index (χ3v) is 3.44. The van der Waals surface area contributed by atoms with Crippen LogP contribution in [0.3, 0.4) is 0 Å². The molecular weight excluding hydrogens is 278 g/mol. The highest BCUT2D eigenvalue weighted by Crippen LogP contribution is 2.30. The van der Waals surface area contributed by atoms with Crippen molar-refractivity contribution in [3.05, 3.63) is 59.6 Å². The standard InChI is InChI=1S/C15H10ClNOS/c16-13-4-2-1-3-12(13)14-9-15(18-17-14)10-5-7-11(19)8-6-10/h1-9,19H. The van der Waals surface area contributed by atoms with E-state index in [1.165, 1.54) is 0 Å². The van der Waals surface area contributed by atoms with Crippen molar-refractivity contribution in [2.45, 2.75) is 4.90 Å². The lowest BCUT2D eigenvalue weighted by Crippen LogP contribution is -1.77. The smallest absolute Gasteiger partial charge is 0.167 e. The van der Waals surface area contributed by atoms with Crippen LogP contribution in [-0.2, 0) is 0 Å². The Morgan fingerprint density at radius 2 is 1.74 bits per heavy atom. The number of thiol groups is 1. The van der Waals surface area contributed by atoms with E-state index in [0.717, 1.165) is 21.7 Å². The molecule has 0 aliphatic heterocycles. The fourth-order valence-corrected chi connectivity index (χ4v) is 2.21. The predicted octanol–water partition coefficient (Wildman–Crippen LogP) is 4.95. The molecule has 0 aliphatic rings. The zero-order valence-electron chi connectivity index (χ0n) is 9.88. The predicted molar refractivity (Wildman–Crippen MR) is 79.6 cm³/mol. The first-order chi connectivity index (χ1) is 9.24. The van der Waals surface area contributed by atoms with Gasteiger partial charge in [-0.05, 0) is 18.2 Å². The summed E-state index contributed by atoms with van der Waals surface area (Å²) in [6.07, 6.45) is 0. The maximum Gasteiger partial charge on any atom is 0.167 e. The number of hydrogen-bond acceptors (Lipinski definition) is 3. The quantitative estimate of drug-likeness (QED) is 0.675. The van der Waals surface area contributed by atoms with E-state index in [4.69, 9.17) is 16.1 Å². The highest BCUT2D eigenvalue weighted by atomic mass is 35.5. The lowest BCUT2D eigenvalue weighted by atomic mass is 10.1. The summed E-state index contributed by atoms with van der Waals surface area (Å²) in [7, 11) is 0. The van der Waals surface area contributed by atoms with E-state index in [0.29, 0.717) is 10.8 Å². The molecule has 19 heavy (non-hydrogen) atoms. The van der Waals surface area contributed by atoms with Gasteiger partial charge in [-0.15, -0.1) is 12.6 Å². The molecule has 1 aromatic heterocycles. The van der Waals surface area contributed by atoms with Crippen LogP contribution in [0, 0.1) is 0 Å². The van der Waals surface area contributed by atoms with Gasteiger partial charge in [0.25, 0.3) is 0 Å². The van der Waals surface area contributed by atoms with E-state index in [1.54, 1.807) is 0 Å². The topological polar surface area (TPSA) is 26.0 Å². The van der Waals surface area contributed by atoms with Gasteiger partial charge in [-0.1, -0.05) is 47.1 Å². The molecule has 0 saturated heterocycles. The monoisotopic (exact) mass is 287 g/mol. The molecule has 0 saturated carbocycles. The molecule has 0 bridgehead atoms. The first-order valence-corrected chi connectivity index (χ1v) is 6.57. The van der Waals surface area contributed by atoms with Crippen LogP contribution in [0.4, 0.5) is 0 Å². The van der Waals surface area contributed by atoms with E-state index in [-0.39, 0.29) is 0 Å². The SMILES string of the molecule is Sc1ccc(-c2cc(-c3ccccc3Cl)no2)cc1. The molecule has 0 atom stereocenters. The van der Waals surface area contributed by atoms with Crippen LogP contribution >= 0.6 is 24.2 Å². The fourth-order valence-electron chi connectivity index (χ4n) is 1.83. The number of nitrogens with zero attached hydrogens (tertiary/aromatic N) is 1. The lowest BCUT2D eigenvalue weighted by molar-refractivity contribution is 0.435. The summed E-state index contributed by atoms with van der Waals surface area (Å²) in [4.78, 5) is 0.912. The van der Waals surface area contributed by atoms with Crippen LogP contribution in [-0.4, -0.2) is 5.16 Å². The van der Waals surface area contributed by atoms with Gasteiger partial charge in [-0.25, -0.2) is 0 Å². The highest BCUT2D eigenvalue weighted by molar-refractivity contribution is 7.80. The number of halogens is 1. The summed E-state index contributed by atoms with van der Waals surface area (Å²) >= 11 is 10.4. The Balaban J connectivity index is 2.00. The van der Waals surface area contributed by atoms with E-state index >= 15 is 0 Å². The summed E-state index contributed by atoms with van der Waals surface area (Å²) in [5.41, 5.74) is 2.56. The minimum atomic E-state index is 0.660. The molecule has 0 unspecified atom stereocenters. The van der Waals surface area contributed by atoms with Gasteiger partial charge >= 0.3 is 0 Å². The molecule has 0 aliphatic carbocycles. The van der Waals surface area contributed by atoms with Crippen molar-refractivity contribution < 1.29 is 4.52 Å². The summed E-state index contributed by atoms with van der Waals surface area (Å²) in [6.45, 7) is 0. The second-order valence-corrected chi connectivity index (χ2v) is 5.03. The maximum atomic E-state index is 6.14. The Morgan fingerprint density at radius 1 is 1.00 bits per heavy atom. The molecular formula is C15H10ClNOS. The van der Waals surface area contributed by atoms with Crippen molar-refractivity contribution in [3.63, 3.8) is 0 Å². The zero-order chi connectivity index (χ0) is 13.2. The first kappa shape index (κ1) is 12.3. The molecule has 2 aromatic carbocycles. The number of benzene rings is 2. The van der Waals surface area contributed by atoms with Crippen molar-refractivity contribution in [1.29, 1.82) is 0 Å². The molecule has 1 heterocycles. The summed E-state index contributed by atoms with van der Waals surface area (Å²) in [6, 6.07) is 17.2. The lowest BCUT2D eigenvalue weighted by Gasteiger charge is -1.97. The molecule has 2 nitrogen and oxygen atoms in total. The Bertz CT molecular complexity index is 706. The van der Waals surface area contributed by atoms with Crippen LogP contribution in [0.5, 0.6) is 0 Å². The zero-order valence-corrected chi connectivity index (χ0v) is 11.5. The Morgan fingerprint density at radius 3 is 2.47 bits per heavy atom. The second kappa shape index (κ2) is 5.11. The van der Waals surface area contributed by atoms with E-state index in [1.807, 2.05) is 54.6 Å². The second-order valence-electron chi connectivity index (χ2n) is 4.10. The van der Waals surface area contributed by atoms with Crippen LogP contribution in [0.25, 0.3) is 22.6 Å². The molecule has 0 radical (unpaired) electrons. The van der Waals surface area contributed by atoms with Gasteiger partial charge in [0.05, 0.1) is 5.02 Å². The number of aromatic nitrogens is 1. The van der Waals surface area contributed by atoms with Gasteiger partial charge in [0, 0.05) is 22.1 Å². The largest absolute Gasteiger partial charge is 0.356 e. The van der Waals surface area contributed by atoms with Gasteiger partial charge in [0.15, 0.2) is 5.76 Å². The number of rotatable bonds is 2. The minimum Gasteiger partial charge on any atom is -0.356 e. The highest BCUT2D eigenvalue weighted by Gasteiger charge is 2.10. The van der Waals surface area contributed by atoms with Crippen LogP contribution in [0.1, 0.15) is 0 Å². The number of hydrogen-bond donors (Lipinski definition) is 1. The first-order valence-electron chi connectivity index (χ1n) is 5.75. The van der Waals surface area contributed by atoms with E-state index in [2.05, 4.69) is 17.8 Å². The third kappa shape index (κ3) is 2.53. The molecule has 0 N–H and O–H groups in total. The molecule has 3 rings (SSSR count). The van der Waals surface area contributed by atoms with E-state index in [9.17, 15) is 0 Å². The van der Waals surface area contributed by atoms with Crippen molar-refractivity contribution >= 4 is 24.2 Å². The Kier molecular flexibility index (Phi) is 3.32. The van der Waals surface area contributed by atoms with Crippen molar-refractivity contribution in [2.24, 2.45) is 0 Å². The van der Waals surface area contributed by atoms with Crippen LogP contribution in [0.15, 0.2) is 64.0 Å². The minimum absolute atomic E-state index is 0.660. The Hall–Kier alpha value is -1.71. The summed E-state index contributed by atoms with van der Waals surface area (Å²) in [5.74, 6) is 0.711. The van der Waals surface area contributed by atoms with Crippen LogP contribution < -0.4 is 0 Å². The van der Waals surface area contributed by atoms with Crippen molar-refractivity contribution in [1.82, 2.24) is 5.16 Å². The normalized spacial score (nSPS) is 10.6. The Labute approximate surface area is 121 Å².